The van der Waals surface area contributed by atoms with Crippen LogP contribution in [-0.4, -0.2) is 16.3 Å². The van der Waals surface area contributed by atoms with Crippen molar-refractivity contribution in [2.45, 2.75) is 13.0 Å². The van der Waals surface area contributed by atoms with Gasteiger partial charge in [0.1, 0.15) is 22.1 Å². The first kappa shape index (κ1) is 13.9. The highest BCUT2D eigenvalue weighted by molar-refractivity contribution is 14.1. The third-order valence-electron chi connectivity index (χ3n) is 1.62. The summed E-state index contributed by atoms with van der Waals surface area (Å²) in [7, 11) is 0. The van der Waals surface area contributed by atoms with Gasteiger partial charge in [-0.3, -0.25) is 10.1 Å². The van der Waals surface area contributed by atoms with E-state index in [1.165, 1.54) is 22.6 Å². The molecular weight excluding hydrogens is 363 g/mol. The number of aromatic nitrogens is 1. The Bertz CT molecular complexity index is 451. The Balaban J connectivity index is 3.35. The molecule has 17 heavy (non-hydrogen) atoms. The monoisotopic (exact) mass is 366 g/mol. The van der Waals surface area contributed by atoms with Gasteiger partial charge in [0.2, 0.25) is 0 Å². The Labute approximate surface area is 105 Å². The van der Waals surface area contributed by atoms with Gasteiger partial charge in [-0.1, -0.05) is 0 Å². The van der Waals surface area contributed by atoms with Crippen LogP contribution in [0.25, 0.3) is 0 Å². The fourth-order valence-electron chi connectivity index (χ4n) is 1.00. The SMILES string of the molecule is O=[N+]([O-])c1cnc(I)c(OC(F)(F)F)c1CF. The van der Waals surface area contributed by atoms with Crippen molar-refractivity contribution in [1.29, 1.82) is 0 Å². The highest BCUT2D eigenvalue weighted by atomic mass is 127. The van der Waals surface area contributed by atoms with Crippen LogP contribution >= 0.6 is 22.6 Å². The lowest BCUT2D eigenvalue weighted by Gasteiger charge is -2.12. The molecule has 1 rings (SSSR count). The van der Waals surface area contributed by atoms with Crippen molar-refractivity contribution in [3.8, 4) is 5.75 Å². The molecule has 0 fully saturated rings. The Hall–Kier alpha value is -1.20. The summed E-state index contributed by atoms with van der Waals surface area (Å²) < 4.78 is 51.9. The highest BCUT2D eigenvalue weighted by Crippen LogP contribution is 2.35. The lowest BCUT2D eigenvalue weighted by molar-refractivity contribution is -0.386. The summed E-state index contributed by atoms with van der Waals surface area (Å²) in [6.45, 7) is -1.46. The fourth-order valence-corrected chi connectivity index (χ4v) is 1.58. The third kappa shape index (κ3) is 3.38. The van der Waals surface area contributed by atoms with Crippen LogP contribution in [0.4, 0.5) is 23.2 Å². The first-order valence-electron chi connectivity index (χ1n) is 3.89. The second-order valence-corrected chi connectivity index (χ2v) is 3.70. The van der Waals surface area contributed by atoms with Crippen molar-refractivity contribution in [3.05, 3.63) is 25.6 Å². The van der Waals surface area contributed by atoms with E-state index in [1.54, 1.807) is 0 Å². The van der Waals surface area contributed by atoms with E-state index in [4.69, 9.17) is 0 Å². The predicted octanol–water partition coefficient (Wildman–Crippen LogP) is 2.96. The molecule has 0 spiro atoms. The number of rotatable bonds is 3. The Kier molecular flexibility index (Phi) is 4.06. The zero-order valence-corrected chi connectivity index (χ0v) is 9.95. The van der Waals surface area contributed by atoms with Gasteiger partial charge in [0.25, 0.3) is 5.69 Å². The summed E-state index contributed by atoms with van der Waals surface area (Å²) in [5.41, 5.74) is -1.64. The van der Waals surface area contributed by atoms with E-state index in [9.17, 15) is 27.7 Å². The van der Waals surface area contributed by atoms with Crippen LogP contribution in [0.2, 0.25) is 0 Å². The first-order chi connectivity index (χ1) is 7.76. The minimum Gasteiger partial charge on any atom is -0.402 e. The molecular formula is C7H3F4IN2O3. The molecule has 0 saturated carbocycles. The van der Waals surface area contributed by atoms with Crippen LogP contribution in [0.1, 0.15) is 5.56 Å². The molecule has 0 N–H and O–H groups in total. The molecule has 0 bridgehead atoms. The standard InChI is InChI=1S/C7H3F4IN2O3/c8-1-3-4(14(15)16)2-13-6(12)5(3)17-7(9,10)11/h2H,1H2. The molecule has 1 aromatic rings. The molecule has 1 aromatic heterocycles. The van der Waals surface area contributed by atoms with Gasteiger partial charge in [-0.15, -0.1) is 13.2 Å². The highest BCUT2D eigenvalue weighted by Gasteiger charge is 2.35. The van der Waals surface area contributed by atoms with Crippen LogP contribution in [0.3, 0.4) is 0 Å². The van der Waals surface area contributed by atoms with Crippen molar-refractivity contribution in [1.82, 2.24) is 4.98 Å². The van der Waals surface area contributed by atoms with E-state index in [1.807, 2.05) is 0 Å². The van der Waals surface area contributed by atoms with Crippen molar-refractivity contribution in [2.24, 2.45) is 0 Å². The number of halogens is 5. The summed E-state index contributed by atoms with van der Waals surface area (Å²) >= 11 is 1.36. The van der Waals surface area contributed by atoms with E-state index in [0.717, 1.165) is 0 Å². The molecule has 94 valence electrons. The second kappa shape index (κ2) is 4.98. The van der Waals surface area contributed by atoms with Crippen LogP contribution in [0.5, 0.6) is 5.75 Å². The normalized spacial score (nSPS) is 11.4. The predicted molar refractivity (Wildman–Crippen MR) is 55.1 cm³/mol. The summed E-state index contributed by atoms with van der Waals surface area (Å²) in [5.74, 6) is -0.977. The number of ether oxygens (including phenoxy) is 1. The van der Waals surface area contributed by atoms with Gasteiger partial charge in [0.15, 0.2) is 5.75 Å². The molecule has 5 nitrogen and oxygen atoms in total. The van der Waals surface area contributed by atoms with Gasteiger partial charge < -0.3 is 4.74 Å². The van der Waals surface area contributed by atoms with Crippen LogP contribution in [0.15, 0.2) is 6.20 Å². The van der Waals surface area contributed by atoms with E-state index in [0.29, 0.717) is 6.20 Å². The van der Waals surface area contributed by atoms with E-state index >= 15 is 0 Å². The molecule has 0 atom stereocenters. The van der Waals surface area contributed by atoms with Crippen molar-refractivity contribution in [2.75, 3.05) is 0 Å². The number of hydrogen-bond donors (Lipinski definition) is 0. The number of nitro groups is 1. The maximum absolute atomic E-state index is 12.6. The van der Waals surface area contributed by atoms with Crippen LogP contribution in [0, 0.1) is 13.8 Å². The molecule has 0 aliphatic heterocycles. The van der Waals surface area contributed by atoms with Crippen LogP contribution < -0.4 is 4.74 Å². The molecule has 0 radical (unpaired) electrons. The van der Waals surface area contributed by atoms with Crippen molar-refractivity contribution in [3.63, 3.8) is 0 Å². The van der Waals surface area contributed by atoms with Crippen molar-refractivity contribution < 1.29 is 27.2 Å². The molecule has 0 saturated heterocycles. The Morgan fingerprint density at radius 3 is 2.53 bits per heavy atom. The molecule has 0 aliphatic carbocycles. The Morgan fingerprint density at radius 1 is 1.53 bits per heavy atom. The maximum Gasteiger partial charge on any atom is 0.573 e. The molecule has 10 heteroatoms. The number of hydrogen-bond acceptors (Lipinski definition) is 4. The summed E-state index contributed by atoms with van der Waals surface area (Å²) in [4.78, 5) is 12.8. The number of pyridine rings is 1. The zero-order chi connectivity index (χ0) is 13.2. The maximum atomic E-state index is 12.6. The van der Waals surface area contributed by atoms with Crippen LogP contribution in [-0.2, 0) is 6.67 Å². The number of alkyl halides is 4. The lowest BCUT2D eigenvalue weighted by atomic mass is 10.2. The quantitative estimate of drug-likeness (QED) is 0.271. The molecule has 0 aliphatic rings. The molecule has 0 unspecified atom stereocenters. The molecule has 0 aromatic carbocycles. The fraction of sp³-hybridized carbons (Fsp3) is 0.286. The van der Waals surface area contributed by atoms with Crippen molar-refractivity contribution >= 4 is 28.3 Å². The molecule has 1 heterocycles. The van der Waals surface area contributed by atoms with Gasteiger partial charge in [-0.2, -0.15) is 0 Å². The summed E-state index contributed by atoms with van der Waals surface area (Å²) in [6, 6.07) is 0. The lowest BCUT2D eigenvalue weighted by Crippen LogP contribution is -2.19. The number of nitrogens with zero attached hydrogens (tertiary/aromatic N) is 2. The minimum atomic E-state index is -5.07. The summed E-state index contributed by atoms with van der Waals surface area (Å²) in [6.07, 6.45) is -4.39. The largest absolute Gasteiger partial charge is 0.573 e. The van der Waals surface area contributed by atoms with E-state index in [2.05, 4.69) is 9.72 Å². The van der Waals surface area contributed by atoms with E-state index in [-0.39, 0.29) is 3.70 Å². The first-order valence-corrected chi connectivity index (χ1v) is 4.97. The topological polar surface area (TPSA) is 65.3 Å². The van der Waals surface area contributed by atoms with E-state index < -0.39 is 35.0 Å². The summed E-state index contributed by atoms with van der Waals surface area (Å²) in [5, 5.41) is 10.5. The van der Waals surface area contributed by atoms with Gasteiger partial charge in [-0.05, 0) is 22.6 Å². The zero-order valence-electron chi connectivity index (χ0n) is 7.79. The van der Waals surface area contributed by atoms with Gasteiger partial charge in [0.05, 0.1) is 4.92 Å². The van der Waals surface area contributed by atoms with Gasteiger partial charge in [0, 0.05) is 0 Å². The Morgan fingerprint density at radius 2 is 2.12 bits per heavy atom. The molecule has 0 amide bonds. The average Bonchev–Trinajstić information content (AvgIpc) is 2.18. The second-order valence-electron chi connectivity index (χ2n) is 2.68. The smallest absolute Gasteiger partial charge is 0.402 e. The average molecular weight is 366 g/mol. The minimum absolute atomic E-state index is 0.307. The van der Waals surface area contributed by atoms with Gasteiger partial charge >= 0.3 is 6.36 Å². The van der Waals surface area contributed by atoms with Gasteiger partial charge in [-0.25, -0.2) is 9.37 Å². The third-order valence-corrected chi connectivity index (χ3v) is 2.39.